The van der Waals surface area contributed by atoms with Gasteiger partial charge in [-0.2, -0.15) is 0 Å². The van der Waals surface area contributed by atoms with Crippen LogP contribution in [0.2, 0.25) is 10.0 Å². The Morgan fingerprint density at radius 3 is 2.42 bits per heavy atom. The van der Waals surface area contributed by atoms with Gasteiger partial charge in [-0.15, -0.1) is 0 Å². The first-order chi connectivity index (χ1) is 11.7. The number of rotatable bonds is 2. The molecule has 3 aromatic carbocycles. The molecule has 0 aliphatic carbocycles. The van der Waals surface area contributed by atoms with E-state index in [1.165, 1.54) is 5.56 Å². The average Bonchev–Trinajstić information content (AvgIpc) is 2.73. The zero-order valence-electron chi connectivity index (χ0n) is 12.8. The van der Waals surface area contributed by atoms with E-state index in [9.17, 15) is 0 Å². The number of nitrogens with one attached hydrogen (secondary N) is 1. The van der Waals surface area contributed by atoms with Crippen molar-refractivity contribution in [1.82, 2.24) is 0 Å². The maximum Gasteiger partial charge on any atom is 0.150 e. The summed E-state index contributed by atoms with van der Waals surface area (Å²) in [7, 11) is 0. The minimum Gasteiger partial charge on any atom is -0.455 e. The lowest BCUT2D eigenvalue weighted by Crippen LogP contribution is -2.12. The van der Waals surface area contributed by atoms with E-state index in [0.717, 1.165) is 34.2 Å². The molecule has 0 radical (unpaired) electrons. The van der Waals surface area contributed by atoms with Gasteiger partial charge >= 0.3 is 0 Å². The summed E-state index contributed by atoms with van der Waals surface area (Å²) in [5.41, 5.74) is 3.22. The monoisotopic (exact) mass is 355 g/mol. The Balaban J connectivity index is 1.76. The Labute approximate surface area is 151 Å². The first kappa shape index (κ1) is 15.4. The third-order valence-corrected chi connectivity index (χ3v) is 4.62. The Kier molecular flexibility index (Phi) is 4.09. The van der Waals surface area contributed by atoms with Crippen LogP contribution in [0.25, 0.3) is 0 Å². The molecule has 0 amide bonds. The second kappa shape index (κ2) is 6.39. The maximum absolute atomic E-state index is 6.23. The topological polar surface area (TPSA) is 21.3 Å². The van der Waals surface area contributed by atoms with Crippen LogP contribution in [0.4, 0.5) is 5.69 Å². The minimum absolute atomic E-state index is 0.0588. The Morgan fingerprint density at radius 2 is 1.58 bits per heavy atom. The zero-order valence-corrected chi connectivity index (χ0v) is 14.3. The van der Waals surface area contributed by atoms with Crippen LogP contribution in [0.15, 0.2) is 66.7 Å². The number of ether oxygens (including phenoxy) is 1. The lowest BCUT2D eigenvalue weighted by molar-refractivity contribution is 0.481. The van der Waals surface area contributed by atoms with Gasteiger partial charge in [0.2, 0.25) is 0 Å². The van der Waals surface area contributed by atoms with Gasteiger partial charge in [0, 0.05) is 15.6 Å². The van der Waals surface area contributed by atoms with E-state index in [1.54, 1.807) is 0 Å². The van der Waals surface area contributed by atoms with Crippen LogP contribution in [0.5, 0.6) is 11.5 Å². The largest absolute Gasteiger partial charge is 0.455 e. The molecular formula is C20H15Cl2NO. The molecule has 1 N–H and O–H groups in total. The van der Waals surface area contributed by atoms with E-state index in [2.05, 4.69) is 5.32 Å². The Hall–Kier alpha value is -2.16. The molecule has 4 heteroatoms. The summed E-state index contributed by atoms with van der Waals surface area (Å²) >= 11 is 12.2. The minimum atomic E-state index is 0.0588. The van der Waals surface area contributed by atoms with E-state index in [0.29, 0.717) is 5.02 Å². The fraction of sp³-hybridized carbons (Fsp3) is 0.100. The second-order valence-corrected chi connectivity index (χ2v) is 6.68. The van der Waals surface area contributed by atoms with Crippen molar-refractivity contribution in [3.8, 4) is 11.5 Å². The molecule has 0 spiro atoms. The van der Waals surface area contributed by atoms with Crippen LogP contribution in [0.3, 0.4) is 0 Å². The van der Waals surface area contributed by atoms with Crippen molar-refractivity contribution in [2.75, 3.05) is 5.32 Å². The highest BCUT2D eigenvalue weighted by Gasteiger charge is 2.23. The molecule has 1 heterocycles. The molecule has 2 nitrogen and oxygen atoms in total. The number of para-hydroxylation sites is 2. The molecule has 0 saturated heterocycles. The lowest BCUT2D eigenvalue weighted by atomic mass is 9.98. The van der Waals surface area contributed by atoms with Crippen LogP contribution >= 0.6 is 23.2 Å². The van der Waals surface area contributed by atoms with Gasteiger partial charge < -0.3 is 10.1 Å². The summed E-state index contributed by atoms with van der Waals surface area (Å²) in [6.07, 6.45) is 0.808. The highest BCUT2D eigenvalue weighted by Crippen LogP contribution is 2.41. The molecule has 3 aromatic rings. The predicted octanol–water partition coefficient (Wildman–Crippen LogP) is 6.50. The maximum atomic E-state index is 6.23. The van der Waals surface area contributed by atoms with E-state index in [-0.39, 0.29) is 6.04 Å². The van der Waals surface area contributed by atoms with Crippen LogP contribution < -0.4 is 10.1 Å². The van der Waals surface area contributed by atoms with E-state index >= 15 is 0 Å². The van der Waals surface area contributed by atoms with Crippen LogP contribution in [-0.4, -0.2) is 0 Å². The van der Waals surface area contributed by atoms with Gasteiger partial charge in [-0.3, -0.25) is 0 Å². The molecule has 1 atom stereocenters. The molecular weight excluding hydrogens is 341 g/mol. The molecule has 120 valence electrons. The van der Waals surface area contributed by atoms with Crippen molar-refractivity contribution in [1.29, 1.82) is 0 Å². The molecule has 1 aliphatic heterocycles. The third kappa shape index (κ3) is 3.08. The summed E-state index contributed by atoms with van der Waals surface area (Å²) < 4.78 is 6.10. The van der Waals surface area contributed by atoms with Gasteiger partial charge in [-0.05, 0) is 54.4 Å². The standard InChI is InChI=1S/C20H15Cl2NO/c21-14-7-5-13(6-8-14)11-18-16-12-15(22)9-10-19(16)24-20-4-2-1-3-17(20)23-18/h1-10,12,18,23H,11H2/t18-/m1/s1. The molecule has 4 rings (SSSR count). The number of benzene rings is 3. The molecule has 0 fully saturated rings. The second-order valence-electron chi connectivity index (χ2n) is 5.81. The van der Waals surface area contributed by atoms with Crippen molar-refractivity contribution in [3.63, 3.8) is 0 Å². The fourth-order valence-corrected chi connectivity index (χ4v) is 3.27. The number of anilines is 1. The number of halogens is 2. The highest BCUT2D eigenvalue weighted by atomic mass is 35.5. The summed E-state index contributed by atoms with van der Waals surface area (Å²) in [4.78, 5) is 0. The van der Waals surface area contributed by atoms with Gasteiger partial charge in [0.1, 0.15) is 5.75 Å². The van der Waals surface area contributed by atoms with E-state index < -0.39 is 0 Å². The molecule has 0 saturated carbocycles. The van der Waals surface area contributed by atoms with Crippen LogP contribution in [-0.2, 0) is 6.42 Å². The quantitative estimate of drug-likeness (QED) is 0.566. The van der Waals surface area contributed by atoms with Crippen molar-refractivity contribution in [2.24, 2.45) is 0 Å². The van der Waals surface area contributed by atoms with Gasteiger partial charge in [-0.1, -0.05) is 47.5 Å². The number of fused-ring (bicyclic) bond motifs is 2. The van der Waals surface area contributed by atoms with Gasteiger partial charge in [0.15, 0.2) is 5.75 Å². The summed E-state index contributed by atoms with van der Waals surface area (Å²) in [6, 6.07) is 21.7. The van der Waals surface area contributed by atoms with Crippen molar-refractivity contribution in [2.45, 2.75) is 12.5 Å². The van der Waals surface area contributed by atoms with Crippen molar-refractivity contribution >= 4 is 28.9 Å². The van der Waals surface area contributed by atoms with Gasteiger partial charge in [0.25, 0.3) is 0 Å². The summed E-state index contributed by atoms with van der Waals surface area (Å²) in [6.45, 7) is 0. The predicted molar refractivity (Wildman–Crippen MR) is 99.5 cm³/mol. The molecule has 1 aliphatic rings. The SMILES string of the molecule is Clc1ccc(C[C@H]2Nc3ccccc3Oc3ccc(Cl)cc32)cc1. The van der Waals surface area contributed by atoms with Gasteiger partial charge in [-0.25, -0.2) is 0 Å². The molecule has 0 bridgehead atoms. The first-order valence-electron chi connectivity index (χ1n) is 7.76. The molecule has 0 aromatic heterocycles. The van der Waals surface area contributed by atoms with E-state index in [1.807, 2.05) is 66.7 Å². The molecule has 0 unspecified atom stereocenters. The van der Waals surface area contributed by atoms with Crippen molar-refractivity contribution in [3.05, 3.63) is 87.9 Å². The highest BCUT2D eigenvalue weighted by molar-refractivity contribution is 6.30. The smallest absolute Gasteiger partial charge is 0.150 e. The first-order valence-corrected chi connectivity index (χ1v) is 8.52. The Bertz CT molecular complexity index is 877. The van der Waals surface area contributed by atoms with Gasteiger partial charge in [0.05, 0.1) is 11.7 Å². The third-order valence-electron chi connectivity index (χ3n) is 4.14. The normalized spacial score (nSPS) is 15.5. The van der Waals surface area contributed by atoms with Crippen LogP contribution in [0, 0.1) is 0 Å². The zero-order chi connectivity index (χ0) is 16.5. The van der Waals surface area contributed by atoms with Crippen molar-refractivity contribution < 1.29 is 4.74 Å². The summed E-state index contributed by atoms with van der Waals surface area (Å²) in [5.74, 6) is 1.65. The van der Waals surface area contributed by atoms with Crippen LogP contribution in [0.1, 0.15) is 17.2 Å². The Morgan fingerprint density at radius 1 is 0.833 bits per heavy atom. The number of hydrogen-bond donors (Lipinski definition) is 1. The summed E-state index contributed by atoms with van der Waals surface area (Å²) in [5, 5.41) is 5.03. The molecule has 24 heavy (non-hydrogen) atoms. The van der Waals surface area contributed by atoms with E-state index in [4.69, 9.17) is 27.9 Å². The lowest BCUT2D eigenvalue weighted by Gasteiger charge is -2.19. The average molecular weight is 356 g/mol. The fourth-order valence-electron chi connectivity index (χ4n) is 2.96. The number of hydrogen-bond acceptors (Lipinski definition) is 2.